The average Bonchev–Trinajstić information content (AvgIpc) is 2.48. The Morgan fingerprint density at radius 3 is 2.76 bits per heavy atom. The minimum absolute atomic E-state index is 0.584. The molecule has 1 nitrogen and oxygen atoms in total. The van der Waals surface area contributed by atoms with Crippen molar-refractivity contribution in [2.75, 3.05) is 0 Å². The molecule has 2 aliphatic rings. The second kappa shape index (κ2) is 5.61. The van der Waals surface area contributed by atoms with Crippen LogP contribution in [0, 0.1) is 12.8 Å². The van der Waals surface area contributed by atoms with Crippen LogP contribution in [0.2, 0.25) is 0 Å². The summed E-state index contributed by atoms with van der Waals surface area (Å²) in [7, 11) is 0. The first-order valence-corrected chi connectivity index (χ1v) is 7.46. The van der Waals surface area contributed by atoms with Crippen molar-refractivity contribution in [2.24, 2.45) is 5.92 Å². The molecule has 1 aromatic rings. The minimum atomic E-state index is 0.584. The second-order valence-electron chi connectivity index (χ2n) is 5.90. The fourth-order valence-corrected chi connectivity index (χ4v) is 2.86. The Kier molecular flexibility index (Phi) is 3.66. The lowest BCUT2D eigenvalue weighted by atomic mass is 9.83. The van der Waals surface area contributed by atoms with Crippen molar-refractivity contribution in [3.8, 4) is 0 Å². The molecule has 0 spiro atoms. The largest absolute Gasteiger partial charge is 0.362 e. The number of allylic oxidation sites excluding steroid dienone is 7. The Hall–Kier alpha value is -2.28. The maximum Gasteiger partial charge on any atom is 0.0307 e. The normalized spacial score (nSPS) is 21.3. The second-order valence-corrected chi connectivity index (χ2v) is 5.90. The minimum Gasteiger partial charge on any atom is -0.362 e. The first-order valence-electron chi connectivity index (χ1n) is 7.46. The zero-order valence-electron chi connectivity index (χ0n) is 12.7. The van der Waals surface area contributed by atoms with Crippen molar-refractivity contribution in [3.63, 3.8) is 0 Å². The molecule has 1 atom stereocenters. The molecule has 21 heavy (non-hydrogen) atoms. The summed E-state index contributed by atoms with van der Waals surface area (Å²) in [5.74, 6) is 0.584. The summed E-state index contributed by atoms with van der Waals surface area (Å²) in [6, 6.07) is 8.79. The SMILES string of the molecule is C=C1C=CC(C2=C(c3cccc(C)c3)CC(C)C=C2)=CN1. The van der Waals surface area contributed by atoms with Gasteiger partial charge in [-0.15, -0.1) is 0 Å². The van der Waals surface area contributed by atoms with E-state index in [-0.39, 0.29) is 0 Å². The lowest BCUT2D eigenvalue weighted by Crippen LogP contribution is -2.10. The number of benzene rings is 1. The van der Waals surface area contributed by atoms with Crippen molar-refractivity contribution in [2.45, 2.75) is 20.3 Å². The maximum absolute atomic E-state index is 3.92. The first kappa shape index (κ1) is 13.7. The van der Waals surface area contributed by atoms with E-state index in [0.717, 1.165) is 12.1 Å². The fourth-order valence-electron chi connectivity index (χ4n) is 2.86. The van der Waals surface area contributed by atoms with E-state index in [0.29, 0.717) is 5.92 Å². The molecule has 1 aliphatic carbocycles. The van der Waals surface area contributed by atoms with Crippen LogP contribution in [0.25, 0.3) is 5.57 Å². The molecular formula is C20H21N. The lowest BCUT2D eigenvalue weighted by Gasteiger charge is -2.23. The monoisotopic (exact) mass is 275 g/mol. The van der Waals surface area contributed by atoms with Crippen LogP contribution in [0.1, 0.15) is 24.5 Å². The summed E-state index contributed by atoms with van der Waals surface area (Å²) in [6.07, 6.45) is 11.9. The molecule has 0 saturated heterocycles. The number of nitrogens with one attached hydrogen (secondary N) is 1. The van der Waals surface area contributed by atoms with Gasteiger partial charge in [-0.1, -0.05) is 61.6 Å². The number of aryl methyl sites for hydroxylation is 1. The van der Waals surface area contributed by atoms with E-state index in [2.05, 4.69) is 68.2 Å². The van der Waals surface area contributed by atoms with Gasteiger partial charge in [0.25, 0.3) is 0 Å². The Bertz CT molecular complexity index is 698. The molecule has 0 bridgehead atoms. The van der Waals surface area contributed by atoms with Crippen LogP contribution >= 0.6 is 0 Å². The molecule has 106 valence electrons. The van der Waals surface area contributed by atoms with Crippen LogP contribution in [-0.2, 0) is 0 Å². The molecule has 0 radical (unpaired) electrons. The number of hydrogen-bond donors (Lipinski definition) is 1. The van der Waals surface area contributed by atoms with E-state index in [9.17, 15) is 0 Å². The molecule has 1 N–H and O–H groups in total. The summed E-state index contributed by atoms with van der Waals surface area (Å²) in [4.78, 5) is 0. The van der Waals surface area contributed by atoms with Crippen molar-refractivity contribution < 1.29 is 0 Å². The molecule has 1 heteroatoms. The molecule has 1 aliphatic heterocycles. The van der Waals surface area contributed by atoms with Crippen LogP contribution in [0.5, 0.6) is 0 Å². The van der Waals surface area contributed by atoms with Crippen molar-refractivity contribution >= 4 is 5.57 Å². The van der Waals surface area contributed by atoms with Gasteiger partial charge in [0.2, 0.25) is 0 Å². The summed E-state index contributed by atoms with van der Waals surface area (Å²) in [5, 5.41) is 3.21. The Labute approximate surface area is 127 Å². The fraction of sp³-hybridized carbons (Fsp3) is 0.200. The van der Waals surface area contributed by atoms with Crippen molar-refractivity contribution in [3.05, 3.63) is 89.3 Å². The summed E-state index contributed by atoms with van der Waals surface area (Å²) in [5.41, 5.74) is 7.54. The lowest BCUT2D eigenvalue weighted by molar-refractivity contribution is 0.745. The van der Waals surface area contributed by atoms with Gasteiger partial charge in [-0.25, -0.2) is 0 Å². The van der Waals surface area contributed by atoms with Gasteiger partial charge >= 0.3 is 0 Å². The molecule has 0 fully saturated rings. The average molecular weight is 275 g/mol. The highest BCUT2D eigenvalue weighted by Gasteiger charge is 2.17. The van der Waals surface area contributed by atoms with Gasteiger partial charge in [0.1, 0.15) is 0 Å². The van der Waals surface area contributed by atoms with Crippen molar-refractivity contribution in [1.29, 1.82) is 0 Å². The topological polar surface area (TPSA) is 12.0 Å². The standard InChI is InChI=1S/C20H21N/c1-14-5-4-6-17(11-14)20-12-15(2)7-10-19(20)18-9-8-16(3)21-13-18/h4-11,13,15,21H,3,12H2,1-2H3. The highest BCUT2D eigenvalue weighted by molar-refractivity contribution is 5.78. The Balaban J connectivity index is 2.08. The third-order valence-corrected chi connectivity index (χ3v) is 4.00. The molecular weight excluding hydrogens is 254 g/mol. The van der Waals surface area contributed by atoms with E-state index < -0.39 is 0 Å². The number of dihydropyridines is 1. The summed E-state index contributed by atoms with van der Waals surface area (Å²) < 4.78 is 0. The summed E-state index contributed by atoms with van der Waals surface area (Å²) in [6.45, 7) is 8.34. The van der Waals surface area contributed by atoms with Crippen LogP contribution in [0.4, 0.5) is 0 Å². The molecule has 1 unspecified atom stereocenters. The third-order valence-electron chi connectivity index (χ3n) is 4.00. The molecule has 0 aromatic heterocycles. The highest BCUT2D eigenvalue weighted by Crippen LogP contribution is 2.35. The van der Waals surface area contributed by atoms with Gasteiger partial charge in [-0.2, -0.15) is 0 Å². The van der Waals surface area contributed by atoms with Crippen LogP contribution in [0.3, 0.4) is 0 Å². The zero-order chi connectivity index (χ0) is 14.8. The van der Waals surface area contributed by atoms with E-state index >= 15 is 0 Å². The zero-order valence-corrected chi connectivity index (χ0v) is 12.7. The van der Waals surface area contributed by atoms with Gasteiger partial charge in [-0.3, -0.25) is 0 Å². The van der Waals surface area contributed by atoms with Crippen molar-refractivity contribution in [1.82, 2.24) is 5.32 Å². The van der Waals surface area contributed by atoms with Crippen LogP contribution in [0.15, 0.2) is 78.2 Å². The Morgan fingerprint density at radius 1 is 1.19 bits per heavy atom. The maximum atomic E-state index is 3.92. The summed E-state index contributed by atoms with van der Waals surface area (Å²) >= 11 is 0. The van der Waals surface area contributed by atoms with Gasteiger partial charge in [0, 0.05) is 11.9 Å². The smallest absolute Gasteiger partial charge is 0.0307 e. The quantitative estimate of drug-likeness (QED) is 0.809. The van der Waals surface area contributed by atoms with Crippen LogP contribution < -0.4 is 5.32 Å². The number of rotatable bonds is 2. The van der Waals surface area contributed by atoms with Gasteiger partial charge in [-0.05, 0) is 47.6 Å². The van der Waals surface area contributed by atoms with E-state index in [1.165, 1.54) is 27.8 Å². The first-order chi connectivity index (χ1) is 10.1. The van der Waals surface area contributed by atoms with E-state index in [4.69, 9.17) is 0 Å². The highest BCUT2D eigenvalue weighted by atomic mass is 14.8. The molecule has 0 amide bonds. The Morgan fingerprint density at radius 2 is 2.05 bits per heavy atom. The molecule has 3 rings (SSSR count). The van der Waals surface area contributed by atoms with E-state index in [1.54, 1.807) is 0 Å². The van der Waals surface area contributed by atoms with Gasteiger partial charge in [0.05, 0.1) is 0 Å². The molecule has 1 aromatic carbocycles. The van der Waals surface area contributed by atoms with Crippen LogP contribution in [-0.4, -0.2) is 0 Å². The number of hydrogen-bond acceptors (Lipinski definition) is 1. The predicted octanol–water partition coefficient (Wildman–Crippen LogP) is 4.90. The molecule has 0 saturated carbocycles. The van der Waals surface area contributed by atoms with Gasteiger partial charge < -0.3 is 5.32 Å². The molecule has 1 heterocycles. The predicted molar refractivity (Wildman–Crippen MR) is 90.5 cm³/mol. The van der Waals surface area contributed by atoms with E-state index in [1.807, 2.05) is 12.3 Å². The third kappa shape index (κ3) is 2.92. The van der Waals surface area contributed by atoms with Gasteiger partial charge in [0.15, 0.2) is 0 Å².